The number of pyridine rings is 1. The maximum absolute atomic E-state index is 11.1. The van der Waals surface area contributed by atoms with Gasteiger partial charge in [-0.2, -0.15) is 0 Å². The number of rotatable bonds is 3. The fourth-order valence-corrected chi connectivity index (χ4v) is 2.52. The number of aromatic nitrogens is 1. The topological polar surface area (TPSA) is 48.1 Å². The second-order valence-electron chi connectivity index (χ2n) is 5.16. The summed E-state index contributed by atoms with van der Waals surface area (Å²) in [5.74, 6) is 0. The fourth-order valence-electron chi connectivity index (χ4n) is 2.52. The Morgan fingerprint density at radius 1 is 0.950 bits per heavy atom. The van der Waals surface area contributed by atoms with Crippen molar-refractivity contribution < 1.29 is 0 Å². The first-order valence-electron chi connectivity index (χ1n) is 7.02. The molecule has 20 heavy (non-hydrogen) atoms. The van der Waals surface area contributed by atoms with Crippen molar-refractivity contribution in [2.75, 3.05) is 26.2 Å². The van der Waals surface area contributed by atoms with Gasteiger partial charge in [-0.1, -0.05) is 24.3 Å². The lowest BCUT2D eigenvalue weighted by molar-refractivity contribution is 0.233. The number of hydrogen-bond donors (Lipinski definition) is 2. The van der Waals surface area contributed by atoms with Gasteiger partial charge in [0.2, 0.25) is 5.56 Å². The third-order valence-electron chi connectivity index (χ3n) is 3.69. The van der Waals surface area contributed by atoms with E-state index in [1.54, 1.807) is 12.3 Å². The number of hydrogen-bond acceptors (Lipinski definition) is 3. The Balaban J connectivity index is 1.70. The SMILES string of the molecule is O=c1ccc(-c2ccc(CN3CCNCC3)cc2)c[nH]1. The zero-order valence-corrected chi connectivity index (χ0v) is 11.4. The summed E-state index contributed by atoms with van der Waals surface area (Å²) in [6.07, 6.45) is 1.76. The lowest BCUT2D eigenvalue weighted by Crippen LogP contribution is -2.42. The first kappa shape index (κ1) is 13.1. The summed E-state index contributed by atoms with van der Waals surface area (Å²) in [5, 5.41) is 3.36. The third-order valence-corrected chi connectivity index (χ3v) is 3.69. The van der Waals surface area contributed by atoms with Crippen molar-refractivity contribution in [1.82, 2.24) is 15.2 Å². The summed E-state index contributed by atoms with van der Waals surface area (Å²) in [5.41, 5.74) is 3.44. The molecule has 0 bridgehead atoms. The van der Waals surface area contributed by atoms with Crippen molar-refractivity contribution in [2.45, 2.75) is 6.54 Å². The summed E-state index contributed by atoms with van der Waals surface area (Å²) < 4.78 is 0. The van der Waals surface area contributed by atoms with Crippen LogP contribution in [-0.4, -0.2) is 36.1 Å². The van der Waals surface area contributed by atoms with Crippen molar-refractivity contribution in [3.05, 3.63) is 58.5 Å². The Labute approximate surface area is 118 Å². The number of benzene rings is 1. The van der Waals surface area contributed by atoms with Gasteiger partial charge in [0.15, 0.2) is 0 Å². The Bertz CT molecular complexity index is 592. The molecule has 4 heteroatoms. The molecule has 3 rings (SSSR count). The van der Waals surface area contributed by atoms with E-state index in [-0.39, 0.29) is 5.56 Å². The molecule has 1 aliphatic rings. The second kappa shape index (κ2) is 6.03. The van der Waals surface area contributed by atoms with Crippen LogP contribution in [0.15, 0.2) is 47.4 Å². The molecule has 0 unspecified atom stereocenters. The Morgan fingerprint density at radius 2 is 1.65 bits per heavy atom. The summed E-state index contributed by atoms with van der Waals surface area (Å²) in [7, 11) is 0. The van der Waals surface area contributed by atoms with E-state index >= 15 is 0 Å². The Kier molecular flexibility index (Phi) is 3.95. The van der Waals surface area contributed by atoms with E-state index < -0.39 is 0 Å². The average molecular weight is 269 g/mol. The summed E-state index contributed by atoms with van der Waals surface area (Å²) >= 11 is 0. The molecule has 104 valence electrons. The number of piperazine rings is 1. The van der Waals surface area contributed by atoms with Crippen molar-refractivity contribution >= 4 is 0 Å². The molecule has 0 saturated carbocycles. The molecule has 0 spiro atoms. The number of nitrogens with zero attached hydrogens (tertiary/aromatic N) is 1. The molecular weight excluding hydrogens is 250 g/mol. The van der Waals surface area contributed by atoms with Gasteiger partial charge in [-0.3, -0.25) is 9.69 Å². The molecule has 0 aliphatic carbocycles. The first-order valence-corrected chi connectivity index (χ1v) is 7.02. The molecule has 1 aromatic heterocycles. The zero-order chi connectivity index (χ0) is 13.8. The van der Waals surface area contributed by atoms with Crippen LogP contribution >= 0.6 is 0 Å². The van der Waals surface area contributed by atoms with Crippen molar-refractivity contribution in [2.24, 2.45) is 0 Å². The predicted molar refractivity (Wildman–Crippen MR) is 80.6 cm³/mol. The van der Waals surface area contributed by atoms with Crippen LogP contribution in [-0.2, 0) is 6.54 Å². The minimum Gasteiger partial charge on any atom is -0.328 e. The van der Waals surface area contributed by atoms with Crippen LogP contribution in [0.2, 0.25) is 0 Å². The van der Waals surface area contributed by atoms with E-state index in [4.69, 9.17) is 0 Å². The Morgan fingerprint density at radius 3 is 2.30 bits per heavy atom. The van der Waals surface area contributed by atoms with Gasteiger partial charge >= 0.3 is 0 Å². The fraction of sp³-hybridized carbons (Fsp3) is 0.312. The minimum absolute atomic E-state index is 0.0657. The number of nitrogens with one attached hydrogen (secondary N) is 2. The maximum atomic E-state index is 11.1. The smallest absolute Gasteiger partial charge is 0.247 e. The molecule has 1 aliphatic heterocycles. The van der Waals surface area contributed by atoms with E-state index in [0.29, 0.717) is 0 Å². The molecule has 4 nitrogen and oxygen atoms in total. The van der Waals surface area contributed by atoms with Gasteiger partial charge in [0, 0.05) is 45.0 Å². The largest absolute Gasteiger partial charge is 0.328 e. The highest BCUT2D eigenvalue weighted by atomic mass is 16.1. The molecule has 2 heterocycles. The van der Waals surface area contributed by atoms with E-state index in [2.05, 4.69) is 39.5 Å². The second-order valence-corrected chi connectivity index (χ2v) is 5.16. The average Bonchev–Trinajstić information content (AvgIpc) is 2.50. The summed E-state index contributed by atoms with van der Waals surface area (Å²) in [6, 6.07) is 12.0. The standard InChI is InChI=1S/C16H19N3O/c20-16-6-5-15(11-18-16)14-3-1-13(2-4-14)12-19-9-7-17-8-10-19/h1-6,11,17H,7-10,12H2,(H,18,20). The predicted octanol–water partition coefficient (Wildman–Crippen LogP) is 1.45. The van der Waals surface area contributed by atoms with Crippen molar-refractivity contribution in [3.8, 4) is 11.1 Å². The van der Waals surface area contributed by atoms with Gasteiger partial charge in [-0.15, -0.1) is 0 Å². The van der Waals surface area contributed by atoms with Crippen LogP contribution in [0.1, 0.15) is 5.56 Å². The van der Waals surface area contributed by atoms with E-state index in [1.807, 2.05) is 6.07 Å². The lowest BCUT2D eigenvalue weighted by Gasteiger charge is -2.27. The molecule has 0 atom stereocenters. The van der Waals surface area contributed by atoms with Gasteiger partial charge < -0.3 is 10.3 Å². The van der Waals surface area contributed by atoms with Crippen LogP contribution in [0.4, 0.5) is 0 Å². The van der Waals surface area contributed by atoms with Crippen LogP contribution in [0.25, 0.3) is 11.1 Å². The molecule has 2 N–H and O–H groups in total. The monoisotopic (exact) mass is 269 g/mol. The normalized spacial score (nSPS) is 16.2. The van der Waals surface area contributed by atoms with Crippen LogP contribution in [0.3, 0.4) is 0 Å². The van der Waals surface area contributed by atoms with Crippen LogP contribution < -0.4 is 10.9 Å². The van der Waals surface area contributed by atoms with Crippen LogP contribution in [0.5, 0.6) is 0 Å². The van der Waals surface area contributed by atoms with E-state index in [0.717, 1.165) is 43.9 Å². The quantitative estimate of drug-likeness (QED) is 0.886. The molecule has 1 saturated heterocycles. The van der Waals surface area contributed by atoms with Gasteiger partial charge in [0.1, 0.15) is 0 Å². The highest BCUT2D eigenvalue weighted by molar-refractivity contribution is 5.62. The molecule has 0 radical (unpaired) electrons. The summed E-state index contributed by atoms with van der Waals surface area (Å²) in [4.78, 5) is 16.2. The van der Waals surface area contributed by atoms with E-state index in [9.17, 15) is 4.79 Å². The molecular formula is C16H19N3O. The molecule has 2 aromatic rings. The van der Waals surface area contributed by atoms with Gasteiger partial charge in [-0.05, 0) is 22.8 Å². The van der Waals surface area contributed by atoms with Crippen LogP contribution in [0, 0.1) is 0 Å². The minimum atomic E-state index is -0.0657. The Hall–Kier alpha value is -1.91. The first-order chi connectivity index (χ1) is 9.81. The molecule has 0 amide bonds. The van der Waals surface area contributed by atoms with Gasteiger partial charge in [0.25, 0.3) is 0 Å². The van der Waals surface area contributed by atoms with Gasteiger partial charge in [-0.25, -0.2) is 0 Å². The summed E-state index contributed by atoms with van der Waals surface area (Å²) in [6.45, 7) is 5.39. The molecule has 1 aromatic carbocycles. The highest BCUT2D eigenvalue weighted by Gasteiger charge is 2.09. The van der Waals surface area contributed by atoms with Gasteiger partial charge in [0.05, 0.1) is 0 Å². The third kappa shape index (κ3) is 3.15. The molecule has 1 fully saturated rings. The van der Waals surface area contributed by atoms with Crippen molar-refractivity contribution in [1.29, 1.82) is 0 Å². The lowest BCUT2D eigenvalue weighted by atomic mass is 10.1. The maximum Gasteiger partial charge on any atom is 0.247 e. The number of H-pyrrole nitrogens is 1. The zero-order valence-electron chi connectivity index (χ0n) is 11.4. The highest BCUT2D eigenvalue weighted by Crippen LogP contribution is 2.18. The number of aromatic amines is 1. The van der Waals surface area contributed by atoms with Crippen molar-refractivity contribution in [3.63, 3.8) is 0 Å². The van der Waals surface area contributed by atoms with E-state index in [1.165, 1.54) is 5.56 Å².